The first-order chi connectivity index (χ1) is 14.2. The minimum atomic E-state index is -4.07. The van der Waals surface area contributed by atoms with Crippen molar-refractivity contribution in [3.8, 4) is 0 Å². The van der Waals surface area contributed by atoms with Gasteiger partial charge in [-0.1, -0.05) is 37.6 Å². The molecule has 2 aromatic rings. The highest BCUT2D eigenvalue weighted by molar-refractivity contribution is 7.89. The van der Waals surface area contributed by atoms with Crippen LogP contribution in [0.5, 0.6) is 0 Å². The van der Waals surface area contributed by atoms with Crippen molar-refractivity contribution in [3.63, 3.8) is 0 Å². The second-order valence-electron chi connectivity index (χ2n) is 7.41. The Kier molecular flexibility index (Phi) is 7.13. The number of hydrogen-bond donors (Lipinski definition) is 1. The van der Waals surface area contributed by atoms with Crippen LogP contribution in [-0.2, 0) is 14.8 Å². The molecule has 1 heterocycles. The quantitative estimate of drug-likeness (QED) is 0.723. The van der Waals surface area contributed by atoms with Gasteiger partial charge in [0.1, 0.15) is 10.7 Å². The number of halogens is 2. The highest BCUT2D eigenvalue weighted by Gasteiger charge is 2.30. The molecule has 1 aliphatic heterocycles. The first-order valence-corrected chi connectivity index (χ1v) is 11.5. The van der Waals surface area contributed by atoms with Gasteiger partial charge in [0.05, 0.1) is 19.3 Å². The van der Waals surface area contributed by atoms with E-state index in [1.165, 1.54) is 10.4 Å². The van der Waals surface area contributed by atoms with Crippen LogP contribution in [0.1, 0.15) is 35.8 Å². The maximum Gasteiger partial charge on any atom is 0.251 e. The first-order valence-electron chi connectivity index (χ1n) is 9.64. The van der Waals surface area contributed by atoms with Crippen molar-refractivity contribution < 1.29 is 22.3 Å². The van der Waals surface area contributed by atoms with Gasteiger partial charge in [-0.25, -0.2) is 12.8 Å². The predicted octanol–water partition coefficient (Wildman–Crippen LogP) is 3.63. The Morgan fingerprint density at radius 3 is 2.37 bits per heavy atom. The normalized spacial score (nSPS) is 16.4. The SMILES string of the molecule is CC(C)C(NC(=O)c1ccc(F)c(S(=O)(=O)N2CCOCC2)c1)c1ccc(Cl)cc1. The summed E-state index contributed by atoms with van der Waals surface area (Å²) in [4.78, 5) is 12.4. The fourth-order valence-electron chi connectivity index (χ4n) is 3.30. The largest absolute Gasteiger partial charge is 0.379 e. The molecule has 1 N–H and O–H groups in total. The molecule has 0 spiro atoms. The molecular formula is C21H24ClFN2O4S. The number of amides is 1. The molecule has 0 bridgehead atoms. The second kappa shape index (κ2) is 9.43. The van der Waals surface area contributed by atoms with Crippen LogP contribution in [0, 0.1) is 11.7 Å². The summed E-state index contributed by atoms with van der Waals surface area (Å²) in [6.45, 7) is 4.70. The molecule has 3 rings (SSSR count). The molecule has 1 aliphatic rings. The van der Waals surface area contributed by atoms with Gasteiger partial charge in [-0.2, -0.15) is 4.31 Å². The number of nitrogens with zero attached hydrogens (tertiary/aromatic N) is 1. The molecule has 1 unspecified atom stereocenters. The number of sulfonamides is 1. The average Bonchev–Trinajstić information content (AvgIpc) is 2.73. The lowest BCUT2D eigenvalue weighted by Crippen LogP contribution is -2.41. The van der Waals surface area contributed by atoms with Gasteiger partial charge in [0.15, 0.2) is 0 Å². The third-order valence-corrected chi connectivity index (χ3v) is 7.13. The molecule has 0 radical (unpaired) electrons. The van der Waals surface area contributed by atoms with Gasteiger partial charge < -0.3 is 10.1 Å². The predicted molar refractivity (Wildman–Crippen MR) is 112 cm³/mol. The average molecular weight is 455 g/mol. The summed E-state index contributed by atoms with van der Waals surface area (Å²) in [7, 11) is -4.07. The van der Waals surface area contributed by atoms with E-state index in [4.69, 9.17) is 16.3 Å². The van der Waals surface area contributed by atoms with Gasteiger partial charge in [-0.15, -0.1) is 0 Å². The summed E-state index contributed by atoms with van der Waals surface area (Å²) in [5, 5.41) is 3.50. The molecule has 1 atom stereocenters. The minimum Gasteiger partial charge on any atom is -0.379 e. The second-order valence-corrected chi connectivity index (χ2v) is 9.75. The molecular weight excluding hydrogens is 431 g/mol. The van der Waals surface area contributed by atoms with Gasteiger partial charge in [0.2, 0.25) is 10.0 Å². The molecule has 0 aliphatic carbocycles. The lowest BCUT2D eigenvalue weighted by molar-refractivity contribution is 0.0729. The monoisotopic (exact) mass is 454 g/mol. The van der Waals surface area contributed by atoms with Crippen molar-refractivity contribution in [2.75, 3.05) is 26.3 Å². The van der Waals surface area contributed by atoms with E-state index < -0.39 is 26.6 Å². The number of morpholine rings is 1. The van der Waals surface area contributed by atoms with Crippen LogP contribution in [0.15, 0.2) is 47.4 Å². The highest BCUT2D eigenvalue weighted by atomic mass is 35.5. The number of ether oxygens (including phenoxy) is 1. The van der Waals surface area contributed by atoms with E-state index in [0.717, 1.165) is 17.7 Å². The Morgan fingerprint density at radius 1 is 1.13 bits per heavy atom. The third-order valence-electron chi connectivity index (χ3n) is 4.96. The topological polar surface area (TPSA) is 75.7 Å². The fraction of sp³-hybridized carbons (Fsp3) is 0.381. The third kappa shape index (κ3) is 5.00. The summed E-state index contributed by atoms with van der Waals surface area (Å²) in [6, 6.07) is 10.2. The summed E-state index contributed by atoms with van der Waals surface area (Å²) in [6.07, 6.45) is 0. The molecule has 1 saturated heterocycles. The number of hydrogen-bond acceptors (Lipinski definition) is 4. The van der Waals surface area contributed by atoms with Crippen molar-refractivity contribution >= 4 is 27.5 Å². The molecule has 0 aromatic heterocycles. The maximum absolute atomic E-state index is 14.4. The van der Waals surface area contributed by atoms with Crippen molar-refractivity contribution in [1.82, 2.24) is 9.62 Å². The van der Waals surface area contributed by atoms with Gasteiger partial charge in [-0.05, 0) is 41.8 Å². The van der Waals surface area contributed by atoms with Crippen LogP contribution in [-0.4, -0.2) is 44.9 Å². The summed E-state index contributed by atoms with van der Waals surface area (Å²) in [5.41, 5.74) is 0.939. The minimum absolute atomic E-state index is 0.0622. The zero-order valence-electron chi connectivity index (χ0n) is 16.8. The Labute approximate surface area is 181 Å². The van der Waals surface area contributed by atoms with Crippen LogP contribution < -0.4 is 5.32 Å². The van der Waals surface area contributed by atoms with E-state index in [0.29, 0.717) is 5.02 Å². The Balaban J connectivity index is 1.87. The van der Waals surface area contributed by atoms with Crippen LogP contribution in [0.25, 0.3) is 0 Å². The number of benzene rings is 2. The summed E-state index contributed by atoms with van der Waals surface area (Å²) < 4.78 is 46.4. The zero-order chi connectivity index (χ0) is 21.9. The standard InChI is InChI=1S/C21H24ClFN2O4S/c1-14(2)20(15-3-6-17(22)7-4-15)24-21(26)16-5-8-18(23)19(13-16)30(27,28)25-9-11-29-12-10-25/h3-8,13-14,20H,9-12H2,1-2H3,(H,24,26). The Morgan fingerprint density at radius 2 is 1.77 bits per heavy atom. The summed E-state index contributed by atoms with van der Waals surface area (Å²) in [5.74, 6) is -1.31. The van der Waals surface area contributed by atoms with Crippen LogP contribution >= 0.6 is 11.6 Å². The van der Waals surface area contributed by atoms with Crippen molar-refractivity contribution in [2.24, 2.45) is 5.92 Å². The van der Waals surface area contributed by atoms with Gasteiger partial charge in [0, 0.05) is 23.7 Å². The molecule has 1 amide bonds. The van der Waals surface area contributed by atoms with E-state index >= 15 is 0 Å². The van der Waals surface area contributed by atoms with Crippen molar-refractivity contribution in [3.05, 3.63) is 64.4 Å². The number of rotatable bonds is 6. The van der Waals surface area contributed by atoms with Crippen LogP contribution in [0.4, 0.5) is 4.39 Å². The van der Waals surface area contributed by atoms with Crippen LogP contribution in [0.2, 0.25) is 5.02 Å². The molecule has 6 nitrogen and oxygen atoms in total. The van der Waals surface area contributed by atoms with E-state index in [-0.39, 0.29) is 43.8 Å². The van der Waals surface area contributed by atoms with Gasteiger partial charge in [-0.3, -0.25) is 4.79 Å². The zero-order valence-corrected chi connectivity index (χ0v) is 18.3. The molecule has 162 valence electrons. The van der Waals surface area contributed by atoms with Crippen LogP contribution in [0.3, 0.4) is 0 Å². The molecule has 1 fully saturated rings. The van der Waals surface area contributed by atoms with E-state index in [1.807, 2.05) is 26.0 Å². The van der Waals surface area contributed by atoms with Gasteiger partial charge >= 0.3 is 0 Å². The van der Waals surface area contributed by atoms with E-state index in [9.17, 15) is 17.6 Å². The van der Waals surface area contributed by atoms with Crippen molar-refractivity contribution in [1.29, 1.82) is 0 Å². The summed E-state index contributed by atoms with van der Waals surface area (Å²) >= 11 is 5.94. The number of carbonyl (C=O) groups excluding carboxylic acids is 1. The fourth-order valence-corrected chi connectivity index (χ4v) is 4.92. The molecule has 0 saturated carbocycles. The molecule has 9 heteroatoms. The van der Waals surface area contributed by atoms with Gasteiger partial charge in [0.25, 0.3) is 5.91 Å². The smallest absolute Gasteiger partial charge is 0.251 e. The Hall–Kier alpha value is -2.00. The first kappa shape index (κ1) is 22.7. The molecule has 2 aromatic carbocycles. The number of nitrogens with one attached hydrogen (secondary N) is 1. The lowest BCUT2D eigenvalue weighted by atomic mass is 9.95. The van der Waals surface area contributed by atoms with E-state index in [2.05, 4.69) is 5.32 Å². The lowest BCUT2D eigenvalue weighted by Gasteiger charge is -2.26. The number of carbonyl (C=O) groups is 1. The Bertz CT molecular complexity index is 1010. The maximum atomic E-state index is 14.4. The van der Waals surface area contributed by atoms with Crippen molar-refractivity contribution in [2.45, 2.75) is 24.8 Å². The molecule has 30 heavy (non-hydrogen) atoms. The highest BCUT2D eigenvalue weighted by Crippen LogP contribution is 2.25. The van der Waals surface area contributed by atoms with E-state index in [1.54, 1.807) is 12.1 Å².